The minimum atomic E-state index is -1.13. The van der Waals surface area contributed by atoms with E-state index < -0.39 is 11.5 Å². The van der Waals surface area contributed by atoms with E-state index in [4.69, 9.17) is 4.74 Å². The van der Waals surface area contributed by atoms with Crippen molar-refractivity contribution in [3.8, 4) is 10.4 Å². The van der Waals surface area contributed by atoms with Gasteiger partial charge in [0.2, 0.25) is 0 Å². The normalized spacial score (nSPS) is 11.9. The summed E-state index contributed by atoms with van der Waals surface area (Å²) in [6.45, 7) is 9.26. The molecule has 0 spiro atoms. The molecular weight excluding hydrogens is 368 g/mol. The quantitative estimate of drug-likeness (QED) is 0.608. The number of esters is 1. The second-order valence-corrected chi connectivity index (χ2v) is 8.52. The van der Waals surface area contributed by atoms with E-state index in [1.54, 1.807) is 50.4 Å². The van der Waals surface area contributed by atoms with Crippen molar-refractivity contribution in [3.05, 3.63) is 38.6 Å². The van der Waals surface area contributed by atoms with Crippen LogP contribution < -0.4 is 5.56 Å². The fourth-order valence-electron chi connectivity index (χ4n) is 3.19. The van der Waals surface area contributed by atoms with Crippen LogP contribution in [-0.2, 0) is 21.5 Å². The molecule has 3 rings (SSSR count). The Bertz CT molecular complexity index is 1010. The predicted octanol–water partition coefficient (Wildman–Crippen LogP) is 4.36. The fraction of sp³-hybridized carbons (Fsp3) is 0.421. The molecule has 0 aliphatic heterocycles. The molecule has 0 atom stereocenters. The van der Waals surface area contributed by atoms with E-state index in [1.807, 2.05) is 17.5 Å². The molecule has 0 bridgehead atoms. The Morgan fingerprint density at radius 3 is 2.65 bits per heavy atom. The van der Waals surface area contributed by atoms with Crippen molar-refractivity contribution in [3.63, 3.8) is 0 Å². The third-order valence-electron chi connectivity index (χ3n) is 4.39. The van der Waals surface area contributed by atoms with Crippen LogP contribution in [0.5, 0.6) is 0 Å². The lowest BCUT2D eigenvalue weighted by molar-refractivity contribution is -0.152. The first-order chi connectivity index (χ1) is 12.3. The van der Waals surface area contributed by atoms with Crippen LogP contribution in [0.25, 0.3) is 20.7 Å². The Labute approximate surface area is 160 Å². The summed E-state index contributed by atoms with van der Waals surface area (Å²) in [5.41, 5.74) is -0.363. The minimum Gasteiger partial charge on any atom is -0.464 e. The first-order valence-electron chi connectivity index (χ1n) is 8.59. The van der Waals surface area contributed by atoms with Gasteiger partial charge in [0, 0.05) is 15.3 Å². The molecule has 0 aliphatic carbocycles. The molecule has 5 nitrogen and oxygen atoms in total. The number of hydrogen-bond donors (Lipinski definition) is 0. The van der Waals surface area contributed by atoms with E-state index in [-0.39, 0.29) is 12.2 Å². The molecule has 0 saturated carbocycles. The Kier molecular flexibility index (Phi) is 5.03. The maximum atomic E-state index is 13.5. The molecule has 0 aliphatic rings. The molecule has 0 aromatic carbocycles. The summed E-state index contributed by atoms with van der Waals surface area (Å²) in [6, 6.07) is 4.00. The van der Waals surface area contributed by atoms with Crippen molar-refractivity contribution in [2.75, 3.05) is 6.61 Å². The largest absolute Gasteiger partial charge is 0.464 e. The SMILES string of the molecule is CCOC(=O)C(C)(C)n1c(C)nc2sc(CC)c(-c3cccs3)c2c1=O. The molecule has 3 aromatic rings. The van der Waals surface area contributed by atoms with Crippen LogP contribution in [0.4, 0.5) is 0 Å². The molecule has 26 heavy (non-hydrogen) atoms. The van der Waals surface area contributed by atoms with Crippen molar-refractivity contribution in [2.45, 2.75) is 46.6 Å². The van der Waals surface area contributed by atoms with Gasteiger partial charge in [-0.3, -0.25) is 9.36 Å². The first kappa shape index (κ1) is 18.8. The van der Waals surface area contributed by atoms with Gasteiger partial charge < -0.3 is 4.74 Å². The summed E-state index contributed by atoms with van der Waals surface area (Å²) in [4.78, 5) is 33.5. The monoisotopic (exact) mass is 390 g/mol. The number of fused-ring (bicyclic) bond motifs is 1. The van der Waals surface area contributed by atoms with Crippen LogP contribution in [0.3, 0.4) is 0 Å². The van der Waals surface area contributed by atoms with E-state index in [2.05, 4.69) is 11.9 Å². The summed E-state index contributed by atoms with van der Waals surface area (Å²) < 4.78 is 6.66. The predicted molar refractivity (Wildman–Crippen MR) is 107 cm³/mol. The number of carbonyl (C=O) groups is 1. The second kappa shape index (κ2) is 6.96. The van der Waals surface area contributed by atoms with E-state index >= 15 is 0 Å². The molecule has 0 amide bonds. The van der Waals surface area contributed by atoms with Gasteiger partial charge in [-0.1, -0.05) is 13.0 Å². The number of nitrogens with zero attached hydrogens (tertiary/aromatic N) is 2. The summed E-state index contributed by atoms with van der Waals surface area (Å²) in [6.07, 6.45) is 0.827. The van der Waals surface area contributed by atoms with Gasteiger partial charge >= 0.3 is 5.97 Å². The smallest absolute Gasteiger partial charge is 0.331 e. The lowest BCUT2D eigenvalue weighted by Gasteiger charge is -2.26. The number of aromatic nitrogens is 2. The van der Waals surface area contributed by atoms with E-state index in [0.29, 0.717) is 11.2 Å². The average Bonchev–Trinajstić information content (AvgIpc) is 3.21. The zero-order valence-electron chi connectivity index (χ0n) is 15.6. The number of thiophene rings is 2. The number of carbonyl (C=O) groups excluding carboxylic acids is 1. The zero-order chi connectivity index (χ0) is 19.1. The Hall–Kier alpha value is -1.99. The highest BCUT2D eigenvalue weighted by Gasteiger charge is 2.35. The summed E-state index contributed by atoms with van der Waals surface area (Å²) >= 11 is 3.16. The minimum absolute atomic E-state index is 0.190. The highest BCUT2D eigenvalue weighted by molar-refractivity contribution is 7.20. The number of aryl methyl sites for hydroxylation is 2. The lowest BCUT2D eigenvalue weighted by Crippen LogP contribution is -2.45. The zero-order valence-corrected chi connectivity index (χ0v) is 17.2. The molecule has 7 heteroatoms. The summed E-state index contributed by atoms with van der Waals surface area (Å²) in [5, 5.41) is 2.60. The number of rotatable bonds is 5. The molecule has 0 radical (unpaired) electrons. The van der Waals surface area contributed by atoms with Gasteiger partial charge in [-0.05, 0) is 45.6 Å². The molecule has 3 aromatic heterocycles. The van der Waals surface area contributed by atoms with Gasteiger partial charge in [-0.2, -0.15) is 0 Å². The van der Waals surface area contributed by atoms with Gasteiger partial charge in [0.05, 0.1) is 12.0 Å². The number of ether oxygens (including phenoxy) is 1. The van der Waals surface area contributed by atoms with Crippen LogP contribution in [0, 0.1) is 6.92 Å². The third kappa shape index (κ3) is 2.89. The van der Waals surface area contributed by atoms with Gasteiger partial charge in [-0.25, -0.2) is 9.78 Å². The molecule has 0 saturated heterocycles. The average molecular weight is 391 g/mol. The van der Waals surface area contributed by atoms with Crippen LogP contribution in [-0.4, -0.2) is 22.1 Å². The first-order valence-corrected chi connectivity index (χ1v) is 10.3. The van der Waals surface area contributed by atoms with Crippen LogP contribution >= 0.6 is 22.7 Å². The van der Waals surface area contributed by atoms with Crippen LogP contribution in [0.15, 0.2) is 22.3 Å². The maximum absolute atomic E-state index is 13.5. The molecule has 3 heterocycles. The van der Waals surface area contributed by atoms with Crippen molar-refractivity contribution >= 4 is 38.9 Å². The Morgan fingerprint density at radius 1 is 1.35 bits per heavy atom. The van der Waals surface area contributed by atoms with Gasteiger partial charge in [0.1, 0.15) is 16.2 Å². The fourth-order valence-corrected chi connectivity index (χ4v) is 5.22. The second-order valence-electron chi connectivity index (χ2n) is 6.49. The van der Waals surface area contributed by atoms with E-state index in [9.17, 15) is 9.59 Å². The van der Waals surface area contributed by atoms with Crippen molar-refractivity contribution < 1.29 is 9.53 Å². The van der Waals surface area contributed by atoms with Crippen LogP contribution in [0.1, 0.15) is 38.4 Å². The van der Waals surface area contributed by atoms with Gasteiger partial charge in [0.15, 0.2) is 0 Å². The van der Waals surface area contributed by atoms with Crippen LogP contribution in [0.2, 0.25) is 0 Å². The van der Waals surface area contributed by atoms with Gasteiger partial charge in [-0.15, -0.1) is 22.7 Å². The maximum Gasteiger partial charge on any atom is 0.331 e. The molecule has 0 unspecified atom stereocenters. The van der Waals surface area contributed by atoms with Crippen molar-refractivity contribution in [1.82, 2.24) is 9.55 Å². The van der Waals surface area contributed by atoms with E-state index in [1.165, 1.54) is 4.57 Å². The molecule has 138 valence electrons. The topological polar surface area (TPSA) is 61.2 Å². The summed E-state index contributed by atoms with van der Waals surface area (Å²) in [7, 11) is 0. The van der Waals surface area contributed by atoms with Crippen molar-refractivity contribution in [2.24, 2.45) is 0 Å². The Balaban J connectivity index is 2.36. The molecule has 0 N–H and O–H groups in total. The number of hydrogen-bond acceptors (Lipinski definition) is 6. The molecular formula is C19H22N2O3S2. The Morgan fingerprint density at radius 2 is 2.08 bits per heavy atom. The lowest BCUT2D eigenvalue weighted by atomic mass is 10.0. The van der Waals surface area contributed by atoms with Gasteiger partial charge in [0.25, 0.3) is 5.56 Å². The van der Waals surface area contributed by atoms with E-state index in [0.717, 1.165) is 26.6 Å². The standard InChI is InChI=1S/C19H22N2O3S2/c1-6-12-14(13-9-8-10-25-13)15-16(26-12)20-11(3)21(17(15)22)19(4,5)18(23)24-7-2/h8-10H,6-7H2,1-5H3. The highest BCUT2D eigenvalue weighted by Crippen LogP contribution is 2.39. The molecule has 0 fully saturated rings. The summed E-state index contributed by atoms with van der Waals surface area (Å²) in [5.74, 6) is 0.0807. The third-order valence-corrected chi connectivity index (χ3v) is 6.50. The van der Waals surface area contributed by atoms with Crippen molar-refractivity contribution in [1.29, 1.82) is 0 Å². The highest BCUT2D eigenvalue weighted by atomic mass is 32.1.